The predicted molar refractivity (Wildman–Crippen MR) is 138 cm³/mol. The standard InChI is InChI=1S/C27H22N2O3S2/c1-16(33-34-24-8-4-5-9-28-24)15-29-27(32)25-23(30)14-21-12-19-10-17-6-2-3-7-18(17)11-20(19)13-22(21)26(25)31/h2-13,16,25H,14-15H2,1H3,(H,29,32). The van der Waals surface area contributed by atoms with Gasteiger partial charge >= 0.3 is 0 Å². The third-order valence-electron chi connectivity index (χ3n) is 5.90. The summed E-state index contributed by atoms with van der Waals surface area (Å²) in [5.41, 5.74) is 1.16. The second-order valence-electron chi connectivity index (χ2n) is 8.40. The Hall–Kier alpha value is -3.16. The highest BCUT2D eigenvalue weighted by atomic mass is 33.1. The molecule has 34 heavy (non-hydrogen) atoms. The summed E-state index contributed by atoms with van der Waals surface area (Å²) in [6, 6.07) is 21.6. The number of rotatable bonds is 6. The normalized spacial score (nSPS) is 16.4. The number of carbonyl (C=O) groups is 3. The van der Waals surface area contributed by atoms with Crippen LogP contribution in [0.1, 0.15) is 22.8 Å². The fraction of sp³-hybridized carbons (Fsp3) is 0.185. The van der Waals surface area contributed by atoms with E-state index in [0.29, 0.717) is 17.7 Å². The van der Waals surface area contributed by atoms with Crippen LogP contribution < -0.4 is 5.32 Å². The van der Waals surface area contributed by atoms with Crippen LogP contribution >= 0.6 is 21.6 Å². The molecule has 0 aliphatic heterocycles. The van der Waals surface area contributed by atoms with Gasteiger partial charge in [-0.25, -0.2) is 4.98 Å². The minimum Gasteiger partial charge on any atom is -0.354 e. The molecule has 170 valence electrons. The number of carbonyl (C=O) groups excluding carboxylic acids is 3. The van der Waals surface area contributed by atoms with E-state index in [1.807, 2.05) is 67.6 Å². The van der Waals surface area contributed by atoms with Crippen molar-refractivity contribution in [1.82, 2.24) is 10.3 Å². The molecule has 0 saturated heterocycles. The van der Waals surface area contributed by atoms with Gasteiger partial charge in [-0.15, -0.1) is 0 Å². The van der Waals surface area contributed by atoms with Gasteiger partial charge in [0.15, 0.2) is 17.5 Å². The van der Waals surface area contributed by atoms with Gasteiger partial charge in [0, 0.05) is 30.0 Å². The summed E-state index contributed by atoms with van der Waals surface area (Å²) in [7, 11) is 3.11. The Morgan fingerprint density at radius 1 is 1.00 bits per heavy atom. The molecule has 2 unspecified atom stereocenters. The second-order valence-corrected chi connectivity index (χ2v) is 11.1. The first kappa shape index (κ1) is 22.6. The minimum absolute atomic E-state index is 0.0780. The van der Waals surface area contributed by atoms with Crippen molar-refractivity contribution in [2.75, 3.05) is 6.54 Å². The number of Topliss-reactive ketones (excluding diaryl/α,β-unsaturated/α-hetero) is 2. The molecule has 7 heteroatoms. The van der Waals surface area contributed by atoms with Gasteiger partial charge in [-0.3, -0.25) is 14.4 Å². The van der Waals surface area contributed by atoms with E-state index in [1.54, 1.807) is 17.0 Å². The molecule has 0 radical (unpaired) electrons. The van der Waals surface area contributed by atoms with Crippen LogP contribution in [0.25, 0.3) is 21.5 Å². The average molecular weight is 487 g/mol. The quantitative estimate of drug-likeness (QED) is 0.228. The number of benzene rings is 3. The molecule has 1 heterocycles. The number of hydrogen-bond donors (Lipinski definition) is 1. The molecule has 4 aromatic rings. The van der Waals surface area contributed by atoms with Crippen LogP contribution in [0.15, 0.2) is 78.0 Å². The van der Waals surface area contributed by atoms with Gasteiger partial charge in [-0.2, -0.15) is 0 Å². The van der Waals surface area contributed by atoms with Crippen LogP contribution in [0, 0.1) is 5.92 Å². The van der Waals surface area contributed by atoms with Crippen LogP contribution in [0.2, 0.25) is 0 Å². The largest absolute Gasteiger partial charge is 0.354 e. The summed E-state index contributed by atoms with van der Waals surface area (Å²) in [5, 5.41) is 7.87. The van der Waals surface area contributed by atoms with Crippen molar-refractivity contribution in [2.24, 2.45) is 5.92 Å². The molecule has 3 aromatic carbocycles. The van der Waals surface area contributed by atoms with Gasteiger partial charge in [0.1, 0.15) is 5.03 Å². The van der Waals surface area contributed by atoms with Crippen molar-refractivity contribution in [1.29, 1.82) is 0 Å². The van der Waals surface area contributed by atoms with Gasteiger partial charge < -0.3 is 5.32 Å². The average Bonchev–Trinajstić information content (AvgIpc) is 2.84. The molecule has 5 rings (SSSR count). The molecule has 1 amide bonds. The van der Waals surface area contributed by atoms with Gasteiger partial charge in [0.25, 0.3) is 0 Å². The Balaban J connectivity index is 1.30. The van der Waals surface area contributed by atoms with Crippen molar-refractivity contribution in [3.05, 3.63) is 84.1 Å². The lowest BCUT2D eigenvalue weighted by Gasteiger charge is -2.23. The van der Waals surface area contributed by atoms with E-state index < -0.39 is 17.6 Å². The number of fused-ring (bicyclic) bond motifs is 3. The summed E-state index contributed by atoms with van der Waals surface area (Å²) in [6.07, 6.45) is 1.82. The van der Waals surface area contributed by atoms with Gasteiger partial charge in [-0.1, -0.05) is 48.0 Å². The third-order valence-corrected chi connectivity index (χ3v) is 8.69. The van der Waals surface area contributed by atoms with E-state index in [4.69, 9.17) is 0 Å². The maximum absolute atomic E-state index is 13.2. The van der Waals surface area contributed by atoms with Crippen molar-refractivity contribution in [2.45, 2.75) is 23.6 Å². The zero-order chi connectivity index (χ0) is 23.7. The van der Waals surface area contributed by atoms with E-state index in [1.165, 1.54) is 10.8 Å². The maximum atomic E-state index is 13.2. The lowest BCUT2D eigenvalue weighted by atomic mass is 9.80. The lowest BCUT2D eigenvalue weighted by Crippen LogP contribution is -2.45. The van der Waals surface area contributed by atoms with Gasteiger partial charge in [0.05, 0.1) is 0 Å². The molecule has 1 N–H and O–H groups in total. The van der Waals surface area contributed by atoms with E-state index in [-0.39, 0.29) is 17.5 Å². The maximum Gasteiger partial charge on any atom is 0.238 e. The first-order valence-electron chi connectivity index (χ1n) is 11.0. The zero-order valence-corrected chi connectivity index (χ0v) is 20.1. The highest BCUT2D eigenvalue weighted by Gasteiger charge is 2.39. The number of nitrogens with one attached hydrogen (secondary N) is 1. The van der Waals surface area contributed by atoms with E-state index in [2.05, 4.69) is 16.4 Å². The molecule has 0 fully saturated rings. The molecule has 0 bridgehead atoms. The Morgan fingerprint density at radius 2 is 1.71 bits per heavy atom. The minimum atomic E-state index is -1.29. The van der Waals surface area contributed by atoms with E-state index in [9.17, 15) is 14.4 Å². The molecule has 2 atom stereocenters. The Bertz CT molecular complexity index is 1420. The van der Waals surface area contributed by atoms with Crippen molar-refractivity contribution < 1.29 is 14.4 Å². The fourth-order valence-corrected chi connectivity index (χ4v) is 6.12. The molecule has 0 spiro atoms. The number of amides is 1. The lowest BCUT2D eigenvalue weighted by molar-refractivity contribution is -0.131. The molecular weight excluding hydrogens is 464 g/mol. The second kappa shape index (κ2) is 9.60. The summed E-state index contributed by atoms with van der Waals surface area (Å²) in [5.74, 6) is -2.57. The third kappa shape index (κ3) is 4.58. The number of pyridine rings is 1. The molecule has 1 aliphatic carbocycles. The molecule has 0 saturated carbocycles. The van der Waals surface area contributed by atoms with Crippen LogP contribution in [0.3, 0.4) is 0 Å². The number of nitrogens with zero attached hydrogens (tertiary/aromatic N) is 1. The molecule has 5 nitrogen and oxygen atoms in total. The highest BCUT2D eigenvalue weighted by Crippen LogP contribution is 2.33. The van der Waals surface area contributed by atoms with E-state index >= 15 is 0 Å². The Kier molecular flexibility index (Phi) is 6.39. The van der Waals surface area contributed by atoms with Crippen LogP contribution in [0.5, 0.6) is 0 Å². The summed E-state index contributed by atoms with van der Waals surface area (Å²) >= 11 is 0. The summed E-state index contributed by atoms with van der Waals surface area (Å²) < 4.78 is 0. The number of ketones is 2. The Morgan fingerprint density at radius 3 is 2.41 bits per heavy atom. The van der Waals surface area contributed by atoms with Crippen LogP contribution in [-0.4, -0.2) is 34.3 Å². The first-order chi connectivity index (χ1) is 16.5. The van der Waals surface area contributed by atoms with Crippen LogP contribution in [0.4, 0.5) is 0 Å². The first-order valence-corrected chi connectivity index (χ1v) is 13.3. The molecular formula is C27H22N2O3S2. The van der Waals surface area contributed by atoms with E-state index in [0.717, 1.165) is 26.6 Å². The smallest absolute Gasteiger partial charge is 0.238 e. The Labute approximate surface area is 205 Å². The monoisotopic (exact) mass is 486 g/mol. The number of aromatic nitrogens is 1. The van der Waals surface area contributed by atoms with Gasteiger partial charge in [-0.05, 0) is 74.3 Å². The van der Waals surface area contributed by atoms with Crippen molar-refractivity contribution >= 4 is 60.6 Å². The van der Waals surface area contributed by atoms with Gasteiger partial charge in [0.2, 0.25) is 5.91 Å². The van der Waals surface area contributed by atoms with Crippen LogP contribution in [-0.2, 0) is 16.0 Å². The summed E-state index contributed by atoms with van der Waals surface area (Å²) in [4.78, 5) is 43.2. The van der Waals surface area contributed by atoms with Crippen molar-refractivity contribution in [3.63, 3.8) is 0 Å². The molecule has 1 aromatic heterocycles. The SMILES string of the molecule is CC(CNC(=O)C1C(=O)Cc2cc3cc4ccccc4cc3cc2C1=O)SSc1ccccn1. The fourth-order valence-electron chi connectivity index (χ4n) is 4.18. The van der Waals surface area contributed by atoms with Crippen molar-refractivity contribution in [3.8, 4) is 0 Å². The predicted octanol–water partition coefficient (Wildman–Crippen LogP) is 5.26. The topological polar surface area (TPSA) is 76.1 Å². The molecule has 1 aliphatic rings. The number of hydrogen-bond acceptors (Lipinski definition) is 6. The summed E-state index contributed by atoms with van der Waals surface area (Å²) in [6.45, 7) is 2.34. The highest BCUT2D eigenvalue weighted by molar-refractivity contribution is 8.76. The zero-order valence-electron chi connectivity index (χ0n) is 18.5.